The molecule has 0 saturated carbocycles. The summed E-state index contributed by atoms with van der Waals surface area (Å²) in [6.07, 6.45) is 2.08. The molecule has 0 aromatic carbocycles. The molecule has 12 nitrogen and oxygen atoms in total. The molecule has 0 rings (SSSR count). The van der Waals surface area contributed by atoms with E-state index in [1.807, 2.05) is 146 Å². The predicted octanol–water partition coefficient (Wildman–Crippen LogP) is 12.3. The molecule has 0 aliphatic heterocycles. The van der Waals surface area contributed by atoms with Crippen LogP contribution in [0.5, 0.6) is 0 Å². The lowest BCUT2D eigenvalue weighted by Crippen LogP contribution is -2.46. The number of hydrogen-bond acceptors (Lipinski definition) is 20. The second-order valence-electron chi connectivity index (χ2n) is 11.2. The highest BCUT2D eigenvalue weighted by Crippen LogP contribution is 2.45. The zero-order valence-corrected chi connectivity index (χ0v) is 48.3. The van der Waals surface area contributed by atoms with Gasteiger partial charge < -0.3 is 53.1 Å². The fourth-order valence-electron chi connectivity index (χ4n) is 5.25. The molecule has 24 heteroatoms. The quantitative estimate of drug-likeness (QED) is 0.0327. The Kier molecular flexibility index (Phi) is 48.1. The molecule has 0 aliphatic carbocycles. The second-order valence-corrected chi connectivity index (χ2v) is 34.6. The molecule has 0 heterocycles. The Balaban J connectivity index is 0. The molecule has 0 bridgehead atoms. The Labute approximate surface area is 390 Å². The van der Waals surface area contributed by atoms with Gasteiger partial charge in [-0.05, 0) is 135 Å². The number of rotatable bonds is 44. The summed E-state index contributed by atoms with van der Waals surface area (Å²) in [5, 5.41) is 0. The normalized spacial score (nSPS) is 12.6. The van der Waals surface area contributed by atoms with Gasteiger partial charge in [-0.25, -0.2) is 0 Å². The van der Waals surface area contributed by atoms with Gasteiger partial charge in [0.15, 0.2) is 0 Å². The maximum atomic E-state index is 5.90. The summed E-state index contributed by atoms with van der Waals surface area (Å²) < 4.78 is 70.7. The smallest absolute Gasteiger partial charge is 0.374 e. The molecule has 58 heavy (non-hydrogen) atoms. The average Bonchev–Trinajstić information content (AvgIpc) is 3.18. The summed E-state index contributed by atoms with van der Waals surface area (Å²) in [5.74, 6) is 4.02. The van der Waals surface area contributed by atoms with Crippen molar-refractivity contribution in [3.8, 4) is 0 Å². The summed E-state index contributed by atoms with van der Waals surface area (Å²) in [7, 11) is 4.64. The van der Waals surface area contributed by atoms with E-state index < -0.39 is 35.2 Å². The fraction of sp³-hybridized carbons (Fsp3) is 1.00. The Hall–Kier alpha value is 3.19. The molecule has 0 aliphatic rings. The van der Waals surface area contributed by atoms with Crippen molar-refractivity contribution in [2.75, 3.05) is 102 Å². The molecule has 0 unspecified atom stereocenters. The van der Waals surface area contributed by atoms with Crippen LogP contribution in [-0.4, -0.2) is 138 Å². The van der Waals surface area contributed by atoms with Gasteiger partial charge in [0, 0.05) is 126 Å². The third-order valence-corrected chi connectivity index (χ3v) is 33.2. The second kappa shape index (κ2) is 44.0. The first-order valence-corrected chi connectivity index (χ1v) is 39.0. The molecule has 0 aromatic heterocycles. The minimum Gasteiger partial charge on any atom is -0.374 e. The maximum Gasteiger partial charge on any atom is 0.501 e. The fourth-order valence-corrected chi connectivity index (χ4v) is 30.2. The van der Waals surface area contributed by atoms with Crippen LogP contribution < -0.4 is 0 Å². The van der Waals surface area contributed by atoms with Gasteiger partial charge in [-0.2, -0.15) is 0 Å². The molecule has 0 fully saturated rings. The molecular formula is C34H80O12S8Si4. The number of hydrogen-bond donors (Lipinski definition) is 0. The van der Waals surface area contributed by atoms with Crippen molar-refractivity contribution in [2.45, 2.75) is 120 Å². The average molecular weight is 1050 g/mol. The van der Waals surface area contributed by atoms with Gasteiger partial charge in [-0.3, -0.25) is 0 Å². The summed E-state index contributed by atoms with van der Waals surface area (Å²) in [5.41, 5.74) is 0. The first kappa shape index (κ1) is 63.3. The monoisotopic (exact) mass is 1050 g/mol. The van der Waals surface area contributed by atoms with E-state index in [1.165, 1.54) is 0 Å². The van der Waals surface area contributed by atoms with Crippen molar-refractivity contribution >= 4 is 118 Å². The lowest BCUT2D eigenvalue weighted by atomic mass is 10.6. The van der Waals surface area contributed by atoms with Crippen LogP contribution >= 0.6 is 82.5 Å². The van der Waals surface area contributed by atoms with E-state index in [4.69, 9.17) is 53.1 Å². The van der Waals surface area contributed by atoms with E-state index in [9.17, 15) is 0 Å². The summed E-state index contributed by atoms with van der Waals surface area (Å²) in [4.78, 5) is 0. The van der Waals surface area contributed by atoms with Crippen molar-refractivity contribution in [2.24, 2.45) is 0 Å². The zero-order chi connectivity index (χ0) is 43.7. The molecule has 0 spiro atoms. The van der Waals surface area contributed by atoms with Gasteiger partial charge in [-0.15, -0.1) is 0 Å². The lowest BCUT2D eigenvalue weighted by molar-refractivity contribution is 0.0704. The van der Waals surface area contributed by atoms with Gasteiger partial charge in [-0.1, -0.05) is 43.2 Å². The highest BCUT2D eigenvalue weighted by atomic mass is 33.7. The summed E-state index contributed by atoms with van der Waals surface area (Å²) in [6.45, 7) is 31.5. The van der Waals surface area contributed by atoms with Gasteiger partial charge >= 0.3 is 35.2 Å². The van der Waals surface area contributed by atoms with E-state index in [0.717, 1.165) is 60.0 Å². The van der Waals surface area contributed by atoms with E-state index in [-0.39, 0.29) is 0 Å². The topological polar surface area (TPSA) is 111 Å². The van der Waals surface area contributed by atoms with Crippen LogP contribution in [0.1, 0.15) is 95.9 Å². The van der Waals surface area contributed by atoms with Crippen LogP contribution in [-0.2, 0) is 53.1 Å². The van der Waals surface area contributed by atoms with E-state index in [2.05, 4.69) is 0 Å². The van der Waals surface area contributed by atoms with Gasteiger partial charge in [0.1, 0.15) is 0 Å². The Morgan fingerprint density at radius 1 is 0.241 bits per heavy atom. The van der Waals surface area contributed by atoms with Crippen LogP contribution in [0.25, 0.3) is 0 Å². The van der Waals surface area contributed by atoms with Crippen molar-refractivity contribution in [1.82, 2.24) is 0 Å². The molecule has 352 valence electrons. The van der Waals surface area contributed by atoms with Crippen LogP contribution in [0.15, 0.2) is 0 Å². The van der Waals surface area contributed by atoms with Crippen molar-refractivity contribution in [1.29, 1.82) is 0 Å². The van der Waals surface area contributed by atoms with Crippen molar-refractivity contribution in [3.63, 3.8) is 0 Å². The van der Waals surface area contributed by atoms with E-state index >= 15 is 0 Å². The van der Waals surface area contributed by atoms with Crippen molar-refractivity contribution in [3.05, 3.63) is 0 Å². The summed E-state index contributed by atoms with van der Waals surface area (Å²) >= 11 is 0. The van der Waals surface area contributed by atoms with Gasteiger partial charge in [0.2, 0.25) is 0 Å². The molecule has 0 saturated heterocycles. The van der Waals surface area contributed by atoms with Crippen molar-refractivity contribution < 1.29 is 53.1 Å². The Morgan fingerprint density at radius 3 is 0.603 bits per heavy atom. The van der Waals surface area contributed by atoms with Gasteiger partial charge in [0.25, 0.3) is 0 Å². The molecule has 0 amide bonds. The minimum absolute atomic E-state index is 0.625. The molecule has 0 N–H and O–H groups in total. The highest BCUT2D eigenvalue weighted by molar-refractivity contribution is 9.26. The molecule has 0 aromatic rings. The molecular weight excluding hydrogens is 969 g/mol. The Bertz CT molecular complexity index is 748. The third-order valence-electron chi connectivity index (χ3n) is 7.02. The first-order chi connectivity index (χ1) is 28.1. The van der Waals surface area contributed by atoms with Crippen LogP contribution in [0.4, 0.5) is 0 Å². The SMILES string of the molecule is CCO[Si](CCCSSSSCCC[Si](OCC)(OCC)OCC)(OCC)OCC.CCO[Si](CCSSSSCC[Si](OCC)(OCC)OCC)(OCC)OCC. The minimum atomic E-state index is -2.52. The summed E-state index contributed by atoms with van der Waals surface area (Å²) in [6, 6.07) is 3.43. The third kappa shape index (κ3) is 32.0. The predicted molar refractivity (Wildman–Crippen MR) is 271 cm³/mol. The standard InChI is InChI=1S/C18H42O6S4Si2.C16H38O6S4Si2/c1-7-19-29(20-8-2,21-9-3)17-13-15-25-27-28-26-16-14-18-30(22-10-4,23-11-5)24-12-6;1-7-17-27(18-8-2,19-9-3)15-13-23-25-26-24-14-16-28(20-10-4,21-11-5)22-12-6/h7-18H2,1-6H3;7-16H2,1-6H3. The van der Waals surface area contributed by atoms with Crippen LogP contribution in [0, 0.1) is 0 Å². The first-order valence-electron chi connectivity index (χ1n) is 21.0. The highest BCUT2D eigenvalue weighted by Gasteiger charge is 2.42. The molecule has 0 atom stereocenters. The van der Waals surface area contributed by atoms with E-state index in [0.29, 0.717) is 79.3 Å². The van der Waals surface area contributed by atoms with Crippen LogP contribution in [0.2, 0.25) is 24.2 Å². The Morgan fingerprint density at radius 2 is 0.414 bits per heavy atom. The van der Waals surface area contributed by atoms with Gasteiger partial charge in [0.05, 0.1) is 0 Å². The largest absolute Gasteiger partial charge is 0.501 e. The maximum absolute atomic E-state index is 5.90. The van der Waals surface area contributed by atoms with E-state index in [1.54, 1.807) is 19.7 Å². The molecule has 0 radical (unpaired) electrons. The zero-order valence-electron chi connectivity index (χ0n) is 37.7. The van der Waals surface area contributed by atoms with Crippen LogP contribution in [0.3, 0.4) is 0 Å². The lowest BCUT2D eigenvalue weighted by Gasteiger charge is -2.28.